The molecular formula is C18H26N4O2S2. The van der Waals surface area contributed by atoms with Crippen molar-refractivity contribution in [1.29, 1.82) is 0 Å². The summed E-state index contributed by atoms with van der Waals surface area (Å²) in [5.41, 5.74) is 6.87. The van der Waals surface area contributed by atoms with Crippen molar-refractivity contribution < 1.29 is 9.53 Å². The van der Waals surface area contributed by atoms with Crippen molar-refractivity contribution in [2.24, 2.45) is 5.92 Å². The highest BCUT2D eigenvalue weighted by Crippen LogP contribution is 2.41. The number of aromatic nitrogens is 2. The van der Waals surface area contributed by atoms with Crippen LogP contribution in [0.25, 0.3) is 10.2 Å². The van der Waals surface area contributed by atoms with Crippen molar-refractivity contribution >= 4 is 45.0 Å². The number of carbonyl (C=O) groups excluding carboxylic acids is 1. The normalized spacial score (nSPS) is 15.9. The molecule has 2 aromatic heterocycles. The lowest BCUT2D eigenvalue weighted by Gasteiger charge is -2.30. The summed E-state index contributed by atoms with van der Waals surface area (Å²) in [5.74, 6) is 1.84. The standard InChI is InChI=1S/C18H26N4O2S2/c1-6-25-17-19-15(22-21-13(23)7-10(2)3)14-11-8-18(4,5)24-9-12(11)26-16(14)20-17/h10H,6-9H2,1-5H3,(H,21,23)(H,19,20,22). The first kappa shape index (κ1) is 19.4. The van der Waals surface area contributed by atoms with E-state index in [0.717, 1.165) is 27.5 Å². The number of nitrogens with one attached hydrogen (secondary N) is 2. The Bertz CT molecular complexity index is 817. The summed E-state index contributed by atoms with van der Waals surface area (Å²) in [6.45, 7) is 10.9. The lowest BCUT2D eigenvalue weighted by molar-refractivity contribution is -0.121. The van der Waals surface area contributed by atoms with Gasteiger partial charge in [0.05, 0.1) is 17.6 Å². The molecule has 2 N–H and O–H groups in total. The zero-order valence-corrected chi connectivity index (χ0v) is 17.6. The average Bonchev–Trinajstić information content (AvgIpc) is 2.89. The van der Waals surface area contributed by atoms with E-state index in [1.54, 1.807) is 23.1 Å². The van der Waals surface area contributed by atoms with Gasteiger partial charge in [0.1, 0.15) is 4.83 Å². The minimum absolute atomic E-state index is 0.0378. The van der Waals surface area contributed by atoms with Crippen LogP contribution in [0, 0.1) is 5.92 Å². The molecule has 0 fully saturated rings. The van der Waals surface area contributed by atoms with Gasteiger partial charge in [-0.05, 0) is 31.1 Å². The van der Waals surface area contributed by atoms with Crippen molar-refractivity contribution in [2.75, 3.05) is 11.2 Å². The second-order valence-corrected chi connectivity index (χ2v) is 9.78. The number of anilines is 1. The van der Waals surface area contributed by atoms with Crippen LogP contribution in [-0.4, -0.2) is 27.2 Å². The minimum Gasteiger partial charge on any atom is -0.370 e. The monoisotopic (exact) mass is 394 g/mol. The molecule has 3 rings (SSSR count). The van der Waals surface area contributed by atoms with Gasteiger partial charge < -0.3 is 4.74 Å². The number of rotatable bonds is 6. The van der Waals surface area contributed by atoms with Crippen molar-refractivity contribution in [3.8, 4) is 0 Å². The molecule has 0 saturated carbocycles. The van der Waals surface area contributed by atoms with Gasteiger partial charge in [-0.15, -0.1) is 11.3 Å². The molecule has 0 radical (unpaired) electrons. The van der Waals surface area contributed by atoms with Gasteiger partial charge in [0.15, 0.2) is 11.0 Å². The molecule has 6 nitrogen and oxygen atoms in total. The Balaban J connectivity index is 1.98. The molecule has 0 saturated heterocycles. The van der Waals surface area contributed by atoms with E-state index in [2.05, 4.69) is 36.6 Å². The maximum absolute atomic E-state index is 12.1. The Hall–Kier alpha value is -1.38. The van der Waals surface area contributed by atoms with Gasteiger partial charge in [-0.3, -0.25) is 15.6 Å². The fourth-order valence-corrected chi connectivity index (χ4v) is 4.69. The first-order chi connectivity index (χ1) is 12.3. The number of fused-ring (bicyclic) bond motifs is 3. The van der Waals surface area contributed by atoms with Crippen molar-refractivity contribution in [3.05, 3.63) is 10.4 Å². The minimum atomic E-state index is -0.212. The van der Waals surface area contributed by atoms with E-state index in [1.807, 2.05) is 13.8 Å². The van der Waals surface area contributed by atoms with Gasteiger partial charge in [-0.1, -0.05) is 32.5 Å². The molecule has 1 aliphatic heterocycles. The van der Waals surface area contributed by atoms with Crippen LogP contribution >= 0.6 is 23.1 Å². The number of hydrogen-bond acceptors (Lipinski definition) is 7. The van der Waals surface area contributed by atoms with Crippen LogP contribution in [0.2, 0.25) is 0 Å². The molecule has 3 heterocycles. The molecule has 8 heteroatoms. The van der Waals surface area contributed by atoms with Crippen molar-refractivity contribution in [3.63, 3.8) is 0 Å². The molecule has 0 aliphatic carbocycles. The Labute approximate surface area is 162 Å². The maximum Gasteiger partial charge on any atom is 0.238 e. The average molecular weight is 395 g/mol. The summed E-state index contributed by atoms with van der Waals surface area (Å²) in [5, 5.41) is 1.73. The van der Waals surface area contributed by atoms with Crippen molar-refractivity contribution in [1.82, 2.24) is 15.4 Å². The first-order valence-electron chi connectivity index (χ1n) is 8.93. The summed E-state index contributed by atoms with van der Waals surface area (Å²) in [7, 11) is 0. The Kier molecular flexibility index (Phi) is 5.74. The highest BCUT2D eigenvalue weighted by Gasteiger charge is 2.31. The third kappa shape index (κ3) is 4.29. The highest BCUT2D eigenvalue weighted by molar-refractivity contribution is 7.99. The molecular weight excluding hydrogens is 368 g/mol. The topological polar surface area (TPSA) is 76.1 Å². The number of ether oxygens (including phenoxy) is 1. The number of nitrogens with zero attached hydrogens (tertiary/aromatic N) is 2. The summed E-state index contributed by atoms with van der Waals surface area (Å²) >= 11 is 3.25. The van der Waals surface area contributed by atoms with E-state index in [0.29, 0.717) is 24.8 Å². The van der Waals surface area contributed by atoms with E-state index in [4.69, 9.17) is 9.72 Å². The van der Waals surface area contributed by atoms with Gasteiger partial charge in [-0.2, -0.15) is 0 Å². The number of thioether (sulfide) groups is 1. The number of thiophene rings is 1. The second-order valence-electron chi connectivity index (χ2n) is 7.47. The van der Waals surface area contributed by atoms with Crippen LogP contribution in [0.5, 0.6) is 0 Å². The number of amides is 1. The van der Waals surface area contributed by atoms with Gasteiger partial charge in [0, 0.05) is 17.7 Å². The van der Waals surface area contributed by atoms with Gasteiger partial charge in [-0.25, -0.2) is 9.97 Å². The van der Waals surface area contributed by atoms with E-state index in [9.17, 15) is 4.79 Å². The molecule has 2 aromatic rings. The van der Waals surface area contributed by atoms with Crippen molar-refractivity contribution in [2.45, 2.75) is 64.8 Å². The summed E-state index contributed by atoms with van der Waals surface area (Å²) in [6.07, 6.45) is 1.28. The van der Waals surface area contributed by atoms with Gasteiger partial charge in [0.2, 0.25) is 5.91 Å². The molecule has 0 spiro atoms. The van der Waals surface area contributed by atoms with E-state index < -0.39 is 0 Å². The van der Waals surface area contributed by atoms with Gasteiger partial charge in [0.25, 0.3) is 0 Å². The quantitative estimate of drug-likeness (QED) is 0.436. The number of hydrogen-bond donors (Lipinski definition) is 2. The summed E-state index contributed by atoms with van der Waals surface area (Å²) in [4.78, 5) is 23.6. The zero-order valence-electron chi connectivity index (χ0n) is 15.9. The van der Waals surface area contributed by atoms with E-state index >= 15 is 0 Å². The van der Waals surface area contributed by atoms with Crippen LogP contribution in [-0.2, 0) is 22.6 Å². The molecule has 26 heavy (non-hydrogen) atoms. The Morgan fingerprint density at radius 2 is 2.15 bits per heavy atom. The zero-order chi connectivity index (χ0) is 18.9. The summed E-state index contributed by atoms with van der Waals surface area (Å²) in [6, 6.07) is 0. The van der Waals surface area contributed by atoms with Crippen LogP contribution in [0.15, 0.2) is 5.16 Å². The molecule has 142 valence electrons. The molecule has 0 bridgehead atoms. The molecule has 1 amide bonds. The molecule has 0 unspecified atom stereocenters. The summed E-state index contributed by atoms with van der Waals surface area (Å²) < 4.78 is 5.95. The third-order valence-corrected chi connectivity index (χ3v) is 5.93. The smallest absolute Gasteiger partial charge is 0.238 e. The Morgan fingerprint density at radius 3 is 2.85 bits per heavy atom. The van der Waals surface area contributed by atoms with Crippen LogP contribution in [0.4, 0.5) is 5.82 Å². The van der Waals surface area contributed by atoms with E-state index in [-0.39, 0.29) is 11.5 Å². The fourth-order valence-electron chi connectivity index (χ4n) is 2.96. The highest BCUT2D eigenvalue weighted by atomic mass is 32.2. The maximum atomic E-state index is 12.1. The second kappa shape index (κ2) is 7.70. The van der Waals surface area contributed by atoms with Gasteiger partial charge >= 0.3 is 0 Å². The molecule has 0 atom stereocenters. The predicted molar refractivity (Wildman–Crippen MR) is 108 cm³/mol. The van der Waals surface area contributed by atoms with Crippen LogP contribution < -0.4 is 10.9 Å². The number of hydrazine groups is 1. The molecule has 0 aromatic carbocycles. The Morgan fingerprint density at radius 1 is 1.38 bits per heavy atom. The molecule has 1 aliphatic rings. The fraction of sp³-hybridized carbons (Fsp3) is 0.611. The predicted octanol–water partition coefficient (Wildman–Crippen LogP) is 4.14. The van der Waals surface area contributed by atoms with E-state index in [1.165, 1.54) is 10.4 Å². The van der Waals surface area contributed by atoms with Crippen LogP contribution in [0.1, 0.15) is 51.5 Å². The largest absolute Gasteiger partial charge is 0.370 e. The number of carbonyl (C=O) groups is 1. The third-order valence-electron chi connectivity index (χ3n) is 4.10. The van der Waals surface area contributed by atoms with Crippen LogP contribution in [0.3, 0.4) is 0 Å². The SMILES string of the molecule is CCSc1nc(NNC(=O)CC(C)C)c2c3c(sc2n1)COC(C)(C)C3. The lowest BCUT2D eigenvalue weighted by atomic mass is 9.94. The first-order valence-corrected chi connectivity index (χ1v) is 10.7. The lowest BCUT2D eigenvalue weighted by Crippen LogP contribution is -2.32.